The Balaban J connectivity index is 1.35. The maximum absolute atomic E-state index is 9.95. The summed E-state index contributed by atoms with van der Waals surface area (Å²) < 4.78 is 0. The van der Waals surface area contributed by atoms with Crippen LogP contribution in [0.3, 0.4) is 0 Å². The van der Waals surface area contributed by atoms with Gasteiger partial charge in [0.15, 0.2) is 0 Å². The number of hydrazine groups is 2. The fourth-order valence-corrected chi connectivity index (χ4v) is 7.12. The average molecular weight is 654 g/mol. The topological polar surface area (TPSA) is 91.3 Å². The second kappa shape index (κ2) is 12.8. The zero-order valence-corrected chi connectivity index (χ0v) is 26.8. The molecule has 1 atom stereocenters. The van der Waals surface area contributed by atoms with Gasteiger partial charge in [0.1, 0.15) is 12.1 Å². The third-order valence-corrected chi connectivity index (χ3v) is 10.0. The van der Waals surface area contributed by atoms with E-state index >= 15 is 0 Å². The van der Waals surface area contributed by atoms with Crippen molar-refractivity contribution in [2.24, 2.45) is 0 Å². The predicted molar refractivity (Wildman–Crippen MR) is 178 cm³/mol. The lowest BCUT2D eigenvalue weighted by Crippen LogP contribution is -2.48. The van der Waals surface area contributed by atoms with Gasteiger partial charge in [-0.25, -0.2) is 0 Å². The number of hydrogen-bond donors (Lipinski definition) is 4. The van der Waals surface area contributed by atoms with Gasteiger partial charge >= 0.3 is 0 Å². The van der Waals surface area contributed by atoms with Gasteiger partial charge < -0.3 is 21.0 Å². The van der Waals surface area contributed by atoms with Crippen LogP contribution in [0.5, 0.6) is 0 Å². The molecule has 0 bridgehead atoms. The number of nitriles is 1. The first-order valence-corrected chi connectivity index (χ1v) is 16.1. The molecule has 1 saturated heterocycles. The normalized spacial score (nSPS) is 16.6. The Bertz CT molecular complexity index is 1720. The van der Waals surface area contributed by atoms with Crippen LogP contribution >= 0.6 is 46.1 Å². The third-order valence-electron chi connectivity index (χ3n) is 7.99. The molecule has 1 fully saturated rings. The molecular weight excluding hydrogens is 623 g/mol. The molecule has 4 aromatic rings. The molecule has 8 nitrogen and oxygen atoms in total. The van der Waals surface area contributed by atoms with Crippen molar-refractivity contribution in [2.45, 2.75) is 38.8 Å². The van der Waals surface area contributed by atoms with Gasteiger partial charge in [-0.05, 0) is 62.2 Å². The quantitative estimate of drug-likeness (QED) is 0.152. The van der Waals surface area contributed by atoms with Gasteiger partial charge in [0, 0.05) is 63.6 Å². The van der Waals surface area contributed by atoms with Crippen molar-refractivity contribution in [2.75, 3.05) is 30.3 Å². The molecule has 12 heteroatoms. The number of likely N-dealkylation sites (tertiary alicyclic amines) is 1. The van der Waals surface area contributed by atoms with Crippen LogP contribution in [0, 0.1) is 18.3 Å². The summed E-state index contributed by atoms with van der Waals surface area (Å²) in [6.45, 7) is 7.42. The van der Waals surface area contributed by atoms with Crippen LogP contribution in [0.2, 0.25) is 15.1 Å². The SMILES string of the molecule is CCN1CCC(N2C=C([C@@H](Nc3cc(Cl)c4ncc(C#N)c(Nc5ccc(C)c(Cl)c5)c4c3)c3cc(Cl)cs3)NN2)CC1. The van der Waals surface area contributed by atoms with E-state index in [1.807, 2.05) is 48.7 Å². The number of anilines is 3. The van der Waals surface area contributed by atoms with Crippen molar-refractivity contribution in [1.29, 1.82) is 5.26 Å². The maximum Gasteiger partial charge on any atom is 0.104 e. The minimum Gasteiger partial charge on any atom is -0.372 e. The Hall–Kier alpha value is -3.23. The summed E-state index contributed by atoms with van der Waals surface area (Å²) in [4.78, 5) is 8.03. The van der Waals surface area contributed by atoms with Crippen molar-refractivity contribution >= 4 is 74.1 Å². The average Bonchev–Trinajstić information content (AvgIpc) is 3.68. The molecule has 222 valence electrons. The third kappa shape index (κ3) is 6.36. The van der Waals surface area contributed by atoms with E-state index in [-0.39, 0.29) is 6.04 Å². The minimum absolute atomic E-state index is 0.237. The molecule has 2 aromatic carbocycles. The number of nitrogens with one attached hydrogen (secondary N) is 4. The maximum atomic E-state index is 9.95. The number of rotatable bonds is 8. The Kier molecular flexibility index (Phi) is 8.87. The van der Waals surface area contributed by atoms with Gasteiger partial charge in [-0.1, -0.05) is 47.8 Å². The van der Waals surface area contributed by atoms with Crippen molar-refractivity contribution in [3.8, 4) is 6.07 Å². The lowest BCUT2D eigenvalue weighted by Gasteiger charge is -2.35. The van der Waals surface area contributed by atoms with Gasteiger partial charge in [-0.15, -0.1) is 16.9 Å². The monoisotopic (exact) mass is 652 g/mol. The molecule has 0 aliphatic carbocycles. The molecule has 0 saturated carbocycles. The van der Waals surface area contributed by atoms with Crippen molar-refractivity contribution in [3.63, 3.8) is 0 Å². The van der Waals surface area contributed by atoms with Crippen molar-refractivity contribution < 1.29 is 0 Å². The molecule has 4 N–H and O–H groups in total. The zero-order valence-electron chi connectivity index (χ0n) is 23.7. The standard InChI is InChI=1S/C31H31Cl3N8S/c1-3-41-8-6-23(7-9-41)42-16-27(39-40-42)31(28-10-20(32)17-43-28)38-22-11-24-29(37-21-5-4-18(2)25(33)12-21)19(14-35)15-36-30(24)26(34)13-22/h4-5,10-13,15-17,23,31,38-40H,3,6-9H2,1-2H3,(H,36,37)/t31-/m1/s1. The second-order valence-electron chi connectivity index (χ2n) is 10.7. The molecule has 0 amide bonds. The van der Waals surface area contributed by atoms with Crippen LogP contribution in [0.1, 0.15) is 41.8 Å². The van der Waals surface area contributed by atoms with E-state index in [4.69, 9.17) is 34.8 Å². The second-order valence-corrected chi connectivity index (χ2v) is 12.9. The zero-order chi connectivity index (χ0) is 30.1. The van der Waals surface area contributed by atoms with Crippen LogP contribution in [-0.2, 0) is 0 Å². The first-order valence-electron chi connectivity index (χ1n) is 14.1. The number of aromatic nitrogens is 1. The summed E-state index contributed by atoms with van der Waals surface area (Å²) in [5.41, 5.74) is 11.8. The molecule has 0 spiro atoms. The summed E-state index contributed by atoms with van der Waals surface area (Å²) in [5.74, 6) is 0. The number of benzene rings is 2. The Morgan fingerprint density at radius 1 is 1.12 bits per heavy atom. The van der Waals surface area contributed by atoms with Gasteiger partial charge in [0.2, 0.25) is 0 Å². The van der Waals surface area contributed by atoms with Gasteiger partial charge in [-0.3, -0.25) is 9.99 Å². The molecular formula is C31H31Cl3N8S. The van der Waals surface area contributed by atoms with E-state index in [9.17, 15) is 5.26 Å². The van der Waals surface area contributed by atoms with Crippen LogP contribution in [-0.4, -0.2) is 40.6 Å². The summed E-state index contributed by atoms with van der Waals surface area (Å²) in [6.07, 6.45) is 5.86. The van der Waals surface area contributed by atoms with E-state index in [1.165, 1.54) is 6.20 Å². The number of thiophene rings is 1. The lowest BCUT2D eigenvalue weighted by molar-refractivity contribution is 0.112. The summed E-state index contributed by atoms with van der Waals surface area (Å²) in [6, 6.07) is 13.9. The number of aryl methyl sites for hydroxylation is 1. The number of pyridine rings is 1. The Labute approximate surface area is 270 Å². The Morgan fingerprint density at radius 3 is 2.60 bits per heavy atom. The fourth-order valence-electron chi connectivity index (χ4n) is 5.53. The van der Waals surface area contributed by atoms with Crippen molar-refractivity contribution in [3.05, 3.63) is 90.9 Å². The highest BCUT2D eigenvalue weighted by atomic mass is 35.5. The molecule has 6 rings (SSSR count). The smallest absolute Gasteiger partial charge is 0.104 e. The predicted octanol–water partition coefficient (Wildman–Crippen LogP) is 7.98. The van der Waals surface area contributed by atoms with Gasteiger partial charge in [0.25, 0.3) is 0 Å². The van der Waals surface area contributed by atoms with Gasteiger partial charge in [0.05, 0.1) is 32.5 Å². The largest absolute Gasteiger partial charge is 0.372 e. The summed E-state index contributed by atoms with van der Waals surface area (Å²) >= 11 is 21.2. The van der Waals surface area contributed by atoms with Crippen LogP contribution < -0.4 is 21.6 Å². The number of hydrogen-bond acceptors (Lipinski definition) is 9. The number of fused-ring (bicyclic) bond motifs is 1. The fraction of sp³-hybridized carbons (Fsp3) is 0.290. The first kappa shape index (κ1) is 29.8. The molecule has 0 radical (unpaired) electrons. The van der Waals surface area contributed by atoms with Crippen LogP contribution in [0.4, 0.5) is 17.1 Å². The minimum atomic E-state index is -0.237. The highest BCUT2D eigenvalue weighted by molar-refractivity contribution is 7.10. The number of nitrogens with zero attached hydrogens (tertiary/aromatic N) is 4. The molecule has 0 unspecified atom stereocenters. The van der Waals surface area contributed by atoms with Gasteiger partial charge in [-0.2, -0.15) is 5.26 Å². The highest BCUT2D eigenvalue weighted by Crippen LogP contribution is 2.39. The van der Waals surface area contributed by atoms with Crippen LogP contribution in [0.15, 0.2) is 59.9 Å². The van der Waals surface area contributed by atoms with E-state index in [1.54, 1.807) is 11.3 Å². The number of piperidine rings is 1. The summed E-state index contributed by atoms with van der Waals surface area (Å²) in [7, 11) is 0. The number of halogens is 3. The van der Waals surface area contributed by atoms with E-state index in [0.717, 1.165) is 60.0 Å². The molecule has 4 heterocycles. The molecule has 2 aliphatic rings. The van der Waals surface area contributed by atoms with E-state index in [0.29, 0.717) is 43.3 Å². The van der Waals surface area contributed by atoms with E-state index < -0.39 is 0 Å². The molecule has 43 heavy (non-hydrogen) atoms. The van der Waals surface area contributed by atoms with E-state index in [2.05, 4.69) is 55.7 Å². The summed E-state index contributed by atoms with van der Waals surface area (Å²) in [5, 5.41) is 23.6. The molecule has 2 aromatic heterocycles. The van der Waals surface area contributed by atoms with Crippen molar-refractivity contribution in [1.82, 2.24) is 25.9 Å². The highest BCUT2D eigenvalue weighted by Gasteiger charge is 2.29. The lowest BCUT2D eigenvalue weighted by atomic mass is 10.0. The molecule has 2 aliphatic heterocycles. The van der Waals surface area contributed by atoms with Crippen LogP contribution in [0.25, 0.3) is 10.9 Å². The first-order chi connectivity index (χ1) is 20.8. The Morgan fingerprint density at radius 2 is 1.91 bits per heavy atom.